The van der Waals surface area contributed by atoms with Crippen molar-refractivity contribution in [3.8, 4) is 0 Å². The fourth-order valence-corrected chi connectivity index (χ4v) is 4.77. The Kier molecular flexibility index (Phi) is 7.42. The molecular weight excluding hydrogens is 394 g/mol. The van der Waals surface area contributed by atoms with Gasteiger partial charge in [-0.15, -0.1) is 0 Å². The number of hydrogen-bond donors (Lipinski definition) is 1. The molecule has 0 unspecified atom stereocenters. The van der Waals surface area contributed by atoms with E-state index < -0.39 is 0 Å². The third-order valence-electron chi connectivity index (χ3n) is 6.32. The molecule has 2 fully saturated rings. The summed E-state index contributed by atoms with van der Waals surface area (Å²) in [6.45, 7) is 6.69. The fraction of sp³-hybridized carbons (Fsp3) is 0.480. The zero-order valence-corrected chi connectivity index (χ0v) is 18.4. The predicted molar refractivity (Wildman–Crippen MR) is 122 cm³/mol. The van der Waals surface area contributed by atoms with Gasteiger partial charge in [-0.25, -0.2) is 0 Å². The van der Waals surface area contributed by atoms with Gasteiger partial charge >= 0.3 is 0 Å². The number of halogens is 1. The minimum Gasteiger partial charge on any atom is -0.352 e. The van der Waals surface area contributed by atoms with Crippen LogP contribution in [0, 0.1) is 5.92 Å². The van der Waals surface area contributed by atoms with Gasteiger partial charge in [0.1, 0.15) is 0 Å². The summed E-state index contributed by atoms with van der Waals surface area (Å²) in [5.41, 5.74) is 3.65. The van der Waals surface area contributed by atoms with Gasteiger partial charge in [0.05, 0.1) is 5.92 Å². The molecule has 0 aromatic heterocycles. The van der Waals surface area contributed by atoms with E-state index in [1.807, 2.05) is 18.2 Å². The third-order valence-corrected chi connectivity index (χ3v) is 6.69. The first-order valence-corrected chi connectivity index (χ1v) is 11.6. The maximum absolute atomic E-state index is 12.8. The van der Waals surface area contributed by atoms with Crippen molar-refractivity contribution in [2.45, 2.75) is 45.3 Å². The fourth-order valence-electron chi connectivity index (χ4n) is 4.58. The Morgan fingerprint density at radius 1 is 0.900 bits per heavy atom. The topological polar surface area (TPSA) is 35.6 Å². The number of nitrogens with one attached hydrogen (secondary N) is 1. The number of hydrogen-bond acceptors (Lipinski definition) is 3. The van der Waals surface area contributed by atoms with Crippen LogP contribution in [0.5, 0.6) is 0 Å². The molecule has 1 N–H and O–H groups in total. The van der Waals surface area contributed by atoms with Crippen molar-refractivity contribution >= 4 is 17.5 Å². The highest BCUT2D eigenvalue weighted by molar-refractivity contribution is 6.31. The molecule has 2 aliphatic rings. The lowest BCUT2D eigenvalue weighted by molar-refractivity contribution is -0.126. The zero-order valence-electron chi connectivity index (χ0n) is 17.7. The first kappa shape index (κ1) is 21.4. The number of nitrogens with zero attached hydrogens (tertiary/aromatic N) is 2. The Bertz CT molecular complexity index is 833. The van der Waals surface area contributed by atoms with Gasteiger partial charge < -0.3 is 5.32 Å². The number of carbonyl (C=O) groups is 1. The Labute approximate surface area is 185 Å². The molecule has 0 radical (unpaired) electrons. The summed E-state index contributed by atoms with van der Waals surface area (Å²) in [6.07, 6.45) is 4.65. The van der Waals surface area contributed by atoms with Crippen LogP contribution in [-0.2, 0) is 24.4 Å². The highest BCUT2D eigenvalue weighted by Crippen LogP contribution is 2.22. The highest BCUT2D eigenvalue weighted by Gasteiger charge is 2.26. The smallest absolute Gasteiger partial charge is 0.224 e. The molecule has 0 aliphatic carbocycles. The van der Waals surface area contributed by atoms with Crippen LogP contribution in [0.4, 0.5) is 0 Å². The van der Waals surface area contributed by atoms with Gasteiger partial charge in [-0.2, -0.15) is 0 Å². The van der Waals surface area contributed by atoms with E-state index in [0.717, 1.165) is 55.2 Å². The molecule has 4 nitrogen and oxygen atoms in total. The van der Waals surface area contributed by atoms with Gasteiger partial charge in [0.2, 0.25) is 5.91 Å². The number of rotatable bonds is 7. The molecule has 1 atom stereocenters. The van der Waals surface area contributed by atoms with Crippen LogP contribution in [0.1, 0.15) is 42.4 Å². The molecule has 30 heavy (non-hydrogen) atoms. The number of piperidine rings is 1. The average Bonchev–Trinajstić information content (AvgIpc) is 3.28. The summed E-state index contributed by atoms with van der Waals surface area (Å²) in [5, 5.41) is 3.96. The van der Waals surface area contributed by atoms with Gasteiger partial charge in [0.15, 0.2) is 0 Å². The molecule has 4 rings (SSSR count). The minimum atomic E-state index is 0.0516. The maximum Gasteiger partial charge on any atom is 0.224 e. The molecule has 2 aromatic rings. The summed E-state index contributed by atoms with van der Waals surface area (Å²) in [4.78, 5) is 17.6. The molecule has 0 bridgehead atoms. The minimum absolute atomic E-state index is 0.0516. The van der Waals surface area contributed by atoms with E-state index in [0.29, 0.717) is 6.54 Å². The van der Waals surface area contributed by atoms with Crippen LogP contribution in [0.25, 0.3) is 0 Å². The Hall–Kier alpha value is -1.88. The van der Waals surface area contributed by atoms with Gasteiger partial charge in [-0.3, -0.25) is 14.6 Å². The summed E-state index contributed by atoms with van der Waals surface area (Å²) in [6, 6.07) is 16.7. The van der Waals surface area contributed by atoms with Crippen molar-refractivity contribution in [2.24, 2.45) is 5.92 Å². The zero-order chi connectivity index (χ0) is 20.8. The summed E-state index contributed by atoms with van der Waals surface area (Å²) in [7, 11) is 0. The molecule has 160 valence electrons. The van der Waals surface area contributed by atoms with Crippen molar-refractivity contribution in [3.05, 3.63) is 70.2 Å². The van der Waals surface area contributed by atoms with E-state index in [2.05, 4.69) is 45.4 Å². The molecule has 0 spiro atoms. The van der Waals surface area contributed by atoms with E-state index in [-0.39, 0.29) is 11.8 Å². The second kappa shape index (κ2) is 10.4. The molecule has 2 aliphatic heterocycles. The first-order valence-electron chi connectivity index (χ1n) is 11.2. The Morgan fingerprint density at radius 3 is 2.37 bits per heavy atom. The molecule has 5 heteroatoms. The van der Waals surface area contributed by atoms with Gasteiger partial charge in [-0.1, -0.05) is 54.1 Å². The lowest BCUT2D eigenvalue weighted by Crippen LogP contribution is -2.42. The lowest BCUT2D eigenvalue weighted by atomic mass is 9.96. The van der Waals surface area contributed by atoms with Crippen LogP contribution >= 0.6 is 11.6 Å². The van der Waals surface area contributed by atoms with E-state index in [4.69, 9.17) is 11.6 Å². The quantitative estimate of drug-likeness (QED) is 0.711. The maximum atomic E-state index is 12.8. The largest absolute Gasteiger partial charge is 0.352 e. The Balaban J connectivity index is 1.24. The normalized spacial score (nSPS) is 20.4. The van der Waals surface area contributed by atoms with Crippen LogP contribution in [-0.4, -0.2) is 41.9 Å². The molecule has 1 amide bonds. The standard InChI is InChI=1S/C25H32ClN3O/c26-24-8-2-1-6-22(24)18-29-15-5-7-23(19-29)25(30)27-16-20-9-11-21(12-10-20)17-28-13-3-4-14-28/h1-2,6,8-12,23H,3-5,7,13-19H2,(H,27,30)/t23-/m1/s1. The second-order valence-electron chi connectivity index (χ2n) is 8.68. The first-order chi connectivity index (χ1) is 14.7. The van der Waals surface area contributed by atoms with Crippen molar-refractivity contribution in [2.75, 3.05) is 26.2 Å². The van der Waals surface area contributed by atoms with Crippen LogP contribution in [0.3, 0.4) is 0 Å². The van der Waals surface area contributed by atoms with Crippen LogP contribution in [0.15, 0.2) is 48.5 Å². The van der Waals surface area contributed by atoms with E-state index >= 15 is 0 Å². The van der Waals surface area contributed by atoms with E-state index in [9.17, 15) is 4.79 Å². The molecule has 2 heterocycles. The van der Waals surface area contributed by atoms with Crippen molar-refractivity contribution in [3.63, 3.8) is 0 Å². The third kappa shape index (κ3) is 5.84. The van der Waals surface area contributed by atoms with E-state index in [1.165, 1.54) is 31.5 Å². The summed E-state index contributed by atoms with van der Waals surface area (Å²) in [5.74, 6) is 0.218. The number of carbonyl (C=O) groups excluding carboxylic acids is 1. The lowest BCUT2D eigenvalue weighted by Gasteiger charge is -2.32. The van der Waals surface area contributed by atoms with Gasteiger partial charge in [0, 0.05) is 31.2 Å². The average molecular weight is 426 g/mol. The second-order valence-corrected chi connectivity index (χ2v) is 9.09. The molecular formula is C25H32ClN3O. The monoisotopic (exact) mass is 425 g/mol. The molecule has 2 saturated heterocycles. The molecule has 2 aromatic carbocycles. The SMILES string of the molecule is O=C(NCc1ccc(CN2CCCC2)cc1)[C@@H]1CCCN(Cc2ccccc2Cl)C1. The summed E-state index contributed by atoms with van der Waals surface area (Å²) >= 11 is 6.31. The van der Waals surface area contributed by atoms with Gasteiger partial charge in [-0.05, 0) is 68.1 Å². The highest BCUT2D eigenvalue weighted by atomic mass is 35.5. The van der Waals surface area contributed by atoms with Crippen LogP contribution in [0.2, 0.25) is 5.02 Å². The number of likely N-dealkylation sites (tertiary alicyclic amines) is 2. The number of benzene rings is 2. The van der Waals surface area contributed by atoms with E-state index in [1.54, 1.807) is 0 Å². The summed E-state index contributed by atoms with van der Waals surface area (Å²) < 4.78 is 0. The Morgan fingerprint density at radius 2 is 1.60 bits per heavy atom. The molecule has 0 saturated carbocycles. The predicted octanol–water partition coefficient (Wildman–Crippen LogP) is 4.46. The van der Waals surface area contributed by atoms with Crippen molar-refractivity contribution in [1.29, 1.82) is 0 Å². The van der Waals surface area contributed by atoms with Crippen molar-refractivity contribution < 1.29 is 4.79 Å². The van der Waals surface area contributed by atoms with Crippen LogP contribution < -0.4 is 5.32 Å². The number of amides is 1. The van der Waals surface area contributed by atoms with Crippen molar-refractivity contribution in [1.82, 2.24) is 15.1 Å². The van der Waals surface area contributed by atoms with Gasteiger partial charge in [0.25, 0.3) is 0 Å².